The summed E-state index contributed by atoms with van der Waals surface area (Å²) < 4.78 is 24.0. The molecule has 4 rings (SSSR count). The lowest BCUT2D eigenvalue weighted by Crippen LogP contribution is -2.34. The summed E-state index contributed by atoms with van der Waals surface area (Å²) in [6.07, 6.45) is 1.07. The molecule has 0 saturated carbocycles. The molecule has 1 aliphatic heterocycles. The van der Waals surface area contributed by atoms with Gasteiger partial charge < -0.3 is 10.2 Å². The van der Waals surface area contributed by atoms with Crippen LogP contribution >= 0.6 is 12.4 Å². The Labute approximate surface area is 185 Å². The van der Waals surface area contributed by atoms with Crippen LogP contribution < -0.4 is 10.2 Å². The van der Waals surface area contributed by atoms with Crippen molar-refractivity contribution in [2.75, 3.05) is 23.7 Å². The number of hydrogen-bond acceptors (Lipinski definition) is 4. The largest absolute Gasteiger partial charge is 0.370 e. The van der Waals surface area contributed by atoms with Gasteiger partial charge in [0.25, 0.3) is 0 Å². The summed E-state index contributed by atoms with van der Waals surface area (Å²) in [5.74, 6) is 0.133. The first-order valence-electron chi connectivity index (χ1n) is 10.3. The lowest BCUT2D eigenvalue weighted by atomic mass is 9.99. The number of fused-ring (bicyclic) bond motifs is 1. The number of halogens is 1. The van der Waals surface area contributed by atoms with E-state index in [0.29, 0.717) is 10.9 Å². The number of nitrogens with one attached hydrogen (secondary N) is 1. The molecular weight excluding hydrogens is 416 g/mol. The van der Waals surface area contributed by atoms with Crippen LogP contribution in [0.3, 0.4) is 0 Å². The third-order valence-corrected chi connectivity index (χ3v) is 7.66. The van der Waals surface area contributed by atoms with Crippen molar-refractivity contribution in [3.8, 4) is 0 Å². The second-order valence-corrected chi connectivity index (χ2v) is 10.1. The fourth-order valence-electron chi connectivity index (χ4n) is 4.23. The molecule has 0 amide bonds. The minimum absolute atomic E-state index is 0. The Balaban J connectivity index is 0.00000256. The summed E-state index contributed by atoms with van der Waals surface area (Å²) in [5, 5.41) is 6.37. The van der Waals surface area contributed by atoms with Crippen LogP contribution in [-0.4, -0.2) is 33.3 Å². The minimum Gasteiger partial charge on any atom is -0.370 e. The van der Waals surface area contributed by atoms with Gasteiger partial charge in [-0.25, -0.2) is 8.42 Å². The van der Waals surface area contributed by atoms with Gasteiger partial charge >= 0.3 is 0 Å². The summed E-state index contributed by atoms with van der Waals surface area (Å²) in [4.78, 5) is 2.73. The van der Waals surface area contributed by atoms with Crippen molar-refractivity contribution >= 4 is 38.7 Å². The molecule has 3 aromatic carbocycles. The van der Waals surface area contributed by atoms with Crippen molar-refractivity contribution in [3.63, 3.8) is 0 Å². The van der Waals surface area contributed by atoms with Gasteiger partial charge in [-0.2, -0.15) is 0 Å². The average molecular weight is 445 g/mol. The van der Waals surface area contributed by atoms with Gasteiger partial charge in [-0.15, -0.1) is 12.4 Å². The van der Waals surface area contributed by atoms with Crippen LogP contribution in [0.1, 0.15) is 31.9 Å². The van der Waals surface area contributed by atoms with E-state index >= 15 is 0 Å². The zero-order chi connectivity index (χ0) is 20.4. The van der Waals surface area contributed by atoms with Crippen LogP contribution in [0.4, 0.5) is 5.69 Å². The first-order chi connectivity index (χ1) is 14.0. The Kier molecular flexibility index (Phi) is 7.06. The van der Waals surface area contributed by atoms with Crippen LogP contribution in [0, 0.1) is 0 Å². The van der Waals surface area contributed by atoms with E-state index in [4.69, 9.17) is 0 Å². The van der Waals surface area contributed by atoms with Crippen molar-refractivity contribution < 1.29 is 8.42 Å². The van der Waals surface area contributed by atoms with Crippen LogP contribution in [-0.2, 0) is 9.84 Å². The predicted octanol–water partition coefficient (Wildman–Crippen LogP) is 4.98. The first kappa shape index (κ1) is 22.6. The molecule has 30 heavy (non-hydrogen) atoms. The van der Waals surface area contributed by atoms with Gasteiger partial charge in [0.15, 0.2) is 9.84 Å². The summed E-state index contributed by atoms with van der Waals surface area (Å²) in [6, 6.07) is 23.0. The molecule has 160 valence electrons. The number of nitrogens with zero attached hydrogens (tertiary/aromatic N) is 1. The Bertz CT molecular complexity index is 1090. The molecule has 0 aliphatic carbocycles. The third kappa shape index (κ3) is 4.64. The van der Waals surface area contributed by atoms with Crippen LogP contribution in [0.15, 0.2) is 71.6 Å². The number of anilines is 1. The second-order valence-electron chi connectivity index (χ2n) is 7.79. The molecule has 0 unspecified atom stereocenters. The molecule has 1 fully saturated rings. The lowest BCUT2D eigenvalue weighted by molar-refractivity contribution is 0.483. The fourth-order valence-corrected chi connectivity index (χ4v) is 5.12. The van der Waals surface area contributed by atoms with Crippen LogP contribution in [0.2, 0.25) is 0 Å². The topological polar surface area (TPSA) is 49.4 Å². The van der Waals surface area contributed by atoms with Crippen LogP contribution in [0.25, 0.3) is 10.8 Å². The fraction of sp³-hybridized carbons (Fsp3) is 0.333. The highest BCUT2D eigenvalue weighted by Crippen LogP contribution is 2.27. The van der Waals surface area contributed by atoms with Crippen molar-refractivity contribution in [3.05, 3.63) is 72.3 Å². The molecule has 0 radical (unpaired) electrons. The number of sulfone groups is 1. The van der Waals surface area contributed by atoms with E-state index in [2.05, 4.69) is 59.6 Å². The first-order valence-corrected chi connectivity index (χ1v) is 11.9. The van der Waals surface area contributed by atoms with E-state index in [-0.39, 0.29) is 24.2 Å². The molecule has 0 bridgehead atoms. The lowest BCUT2D eigenvalue weighted by Gasteiger charge is -2.23. The number of rotatable bonds is 6. The highest BCUT2D eigenvalue weighted by Gasteiger charge is 2.25. The highest BCUT2D eigenvalue weighted by molar-refractivity contribution is 7.91. The summed E-state index contributed by atoms with van der Waals surface area (Å²) >= 11 is 0. The molecule has 2 atom stereocenters. The zero-order valence-electron chi connectivity index (χ0n) is 17.4. The summed E-state index contributed by atoms with van der Waals surface area (Å²) in [5.41, 5.74) is 2.41. The monoisotopic (exact) mass is 444 g/mol. The maximum Gasteiger partial charge on any atom is 0.178 e. The average Bonchev–Trinajstić information content (AvgIpc) is 3.21. The van der Waals surface area contributed by atoms with Crippen molar-refractivity contribution in [2.45, 2.75) is 37.2 Å². The Morgan fingerprint density at radius 2 is 1.73 bits per heavy atom. The van der Waals surface area contributed by atoms with E-state index in [9.17, 15) is 8.42 Å². The molecule has 3 aromatic rings. The second kappa shape index (κ2) is 9.38. The maximum absolute atomic E-state index is 12.0. The molecule has 4 nitrogen and oxygen atoms in total. The van der Waals surface area contributed by atoms with Crippen molar-refractivity contribution in [1.29, 1.82) is 0 Å². The molecule has 1 heterocycles. The van der Waals surface area contributed by atoms with Gasteiger partial charge in [0.05, 0.1) is 10.6 Å². The van der Waals surface area contributed by atoms with Gasteiger partial charge in [0, 0.05) is 30.9 Å². The number of benzene rings is 3. The van der Waals surface area contributed by atoms with Gasteiger partial charge in [0.1, 0.15) is 0 Å². The SMILES string of the molecule is CCS(=O)(=O)c1ccc(N2CC[C@H](N[C@H](C)c3cccc4ccccc34)C2)cc1.Cl. The third-order valence-electron chi connectivity index (χ3n) is 5.90. The van der Waals surface area contributed by atoms with E-state index in [1.54, 1.807) is 19.1 Å². The van der Waals surface area contributed by atoms with E-state index in [1.165, 1.54) is 16.3 Å². The quantitative estimate of drug-likeness (QED) is 0.582. The van der Waals surface area contributed by atoms with Gasteiger partial charge in [-0.05, 0) is 53.9 Å². The summed E-state index contributed by atoms with van der Waals surface area (Å²) in [7, 11) is -3.14. The van der Waals surface area contributed by atoms with Gasteiger partial charge in [-0.3, -0.25) is 0 Å². The molecule has 1 N–H and O–H groups in total. The normalized spacial score (nSPS) is 17.7. The Hall–Kier alpha value is -2.08. The molecule has 1 aliphatic rings. The van der Waals surface area contributed by atoms with E-state index in [0.717, 1.165) is 25.2 Å². The Morgan fingerprint density at radius 1 is 1.03 bits per heavy atom. The minimum atomic E-state index is -3.14. The van der Waals surface area contributed by atoms with E-state index in [1.807, 2.05) is 12.1 Å². The molecule has 0 spiro atoms. The summed E-state index contributed by atoms with van der Waals surface area (Å²) in [6.45, 7) is 5.81. The van der Waals surface area contributed by atoms with Gasteiger partial charge in [0.2, 0.25) is 0 Å². The van der Waals surface area contributed by atoms with E-state index < -0.39 is 9.84 Å². The highest BCUT2D eigenvalue weighted by atomic mass is 35.5. The maximum atomic E-state index is 12.0. The number of hydrogen-bond donors (Lipinski definition) is 1. The zero-order valence-corrected chi connectivity index (χ0v) is 19.0. The molecule has 6 heteroatoms. The smallest absolute Gasteiger partial charge is 0.178 e. The van der Waals surface area contributed by atoms with Crippen molar-refractivity contribution in [1.82, 2.24) is 5.32 Å². The standard InChI is InChI=1S/C24H28N2O2S.ClH/c1-3-29(27,28)22-13-11-21(12-14-22)26-16-15-20(17-26)25-18(2)23-10-6-8-19-7-4-5-9-24(19)23;/h4-14,18,20,25H,3,15-17H2,1-2H3;1H/t18-,20+;/m1./s1. The van der Waals surface area contributed by atoms with Gasteiger partial charge in [-0.1, -0.05) is 49.4 Å². The Morgan fingerprint density at radius 3 is 2.47 bits per heavy atom. The van der Waals surface area contributed by atoms with Crippen LogP contribution in [0.5, 0.6) is 0 Å². The molecule has 0 aromatic heterocycles. The molecule has 1 saturated heterocycles. The molecular formula is C24H29ClN2O2S. The predicted molar refractivity (Wildman–Crippen MR) is 128 cm³/mol. The van der Waals surface area contributed by atoms with Crippen molar-refractivity contribution in [2.24, 2.45) is 0 Å².